The van der Waals surface area contributed by atoms with Crippen LogP contribution in [0, 0.1) is 23.6 Å². The molecule has 0 aliphatic heterocycles. The number of aliphatic hydroxyl groups is 1. The van der Waals surface area contributed by atoms with Crippen LogP contribution in [-0.2, 0) is 11.0 Å². The predicted molar refractivity (Wildman–Crippen MR) is 146 cm³/mol. The van der Waals surface area contributed by atoms with Crippen LogP contribution in [0.1, 0.15) is 60.0 Å². The van der Waals surface area contributed by atoms with Crippen molar-refractivity contribution >= 4 is 23.1 Å². The highest BCUT2D eigenvalue weighted by Crippen LogP contribution is 2.56. The number of amides is 2. The van der Waals surface area contributed by atoms with Crippen molar-refractivity contribution in [2.24, 2.45) is 23.5 Å². The summed E-state index contributed by atoms with van der Waals surface area (Å²) in [5.74, 6) is -4.98. The van der Waals surface area contributed by atoms with E-state index in [1.54, 1.807) is 0 Å². The Balaban J connectivity index is 1.67. The van der Waals surface area contributed by atoms with Gasteiger partial charge in [0.05, 0.1) is 23.8 Å². The first-order valence-corrected chi connectivity index (χ1v) is 13.9. The van der Waals surface area contributed by atoms with E-state index in [4.69, 9.17) is 10.5 Å². The quantitative estimate of drug-likeness (QED) is 0.182. The van der Waals surface area contributed by atoms with Gasteiger partial charge in [0.15, 0.2) is 0 Å². The standard InChI is InChI=1S/C31H29F7N2O4/c1-44-26-7-4-17(23(30(33,34)35)13-20(41)10-16-2-3-16)11-21(26)28(43)40(19-5-6-25(32)24(12-19)31(36,37)38)29-9-8-18(14-29)22(15-29)27(39)42/h4-7,10-13,16,18,22,41H,2-3,8-9,14-15H2,1H3,(H2,39,42)/b20-10-,23-13-. The fourth-order valence-corrected chi connectivity index (χ4v) is 6.55. The van der Waals surface area contributed by atoms with Gasteiger partial charge in [-0.2, -0.15) is 26.3 Å². The summed E-state index contributed by atoms with van der Waals surface area (Å²) in [6.45, 7) is 0. The van der Waals surface area contributed by atoms with Gasteiger partial charge in [-0.15, -0.1) is 0 Å². The third-order valence-electron chi connectivity index (χ3n) is 8.71. The zero-order valence-electron chi connectivity index (χ0n) is 23.4. The second-order valence-corrected chi connectivity index (χ2v) is 11.6. The topological polar surface area (TPSA) is 92.9 Å². The number of hydrogen-bond donors (Lipinski definition) is 2. The summed E-state index contributed by atoms with van der Waals surface area (Å²) in [4.78, 5) is 27.6. The monoisotopic (exact) mass is 626 g/mol. The van der Waals surface area contributed by atoms with Gasteiger partial charge in [0.1, 0.15) is 17.3 Å². The van der Waals surface area contributed by atoms with Crippen LogP contribution in [0.4, 0.5) is 36.4 Å². The third-order valence-corrected chi connectivity index (χ3v) is 8.71. The molecule has 0 saturated heterocycles. The molecule has 2 aromatic carbocycles. The second-order valence-electron chi connectivity index (χ2n) is 11.6. The van der Waals surface area contributed by atoms with Crippen molar-refractivity contribution in [1.82, 2.24) is 0 Å². The molecule has 3 aliphatic rings. The minimum Gasteiger partial charge on any atom is -0.508 e. The summed E-state index contributed by atoms with van der Waals surface area (Å²) in [6, 6.07) is 5.09. The van der Waals surface area contributed by atoms with E-state index in [2.05, 4.69) is 0 Å². The molecule has 2 aromatic rings. The lowest BCUT2D eigenvalue weighted by atomic mass is 9.83. The molecule has 0 heterocycles. The number of aliphatic hydroxyl groups excluding tert-OH is 1. The van der Waals surface area contributed by atoms with Crippen LogP contribution < -0.4 is 15.4 Å². The van der Waals surface area contributed by atoms with Crippen LogP contribution in [-0.4, -0.2) is 35.7 Å². The molecule has 0 radical (unpaired) electrons. The van der Waals surface area contributed by atoms with Crippen LogP contribution >= 0.6 is 0 Å². The maximum absolute atomic E-state index is 14.4. The SMILES string of the molecule is COc1ccc(/C(=C/C(O)=C/C2CC2)C(F)(F)F)cc1C(=O)N(c1ccc(F)c(C(F)(F)F)c1)C12CCC(C1)C(C(N)=O)C2. The molecule has 2 bridgehead atoms. The number of ether oxygens (including phenoxy) is 1. The van der Waals surface area contributed by atoms with Crippen molar-refractivity contribution < 1.29 is 50.2 Å². The molecule has 2 amide bonds. The zero-order chi connectivity index (χ0) is 32.2. The van der Waals surface area contributed by atoms with Crippen LogP contribution in [0.15, 0.2) is 54.3 Å². The van der Waals surface area contributed by atoms with Gasteiger partial charge in [0.25, 0.3) is 5.91 Å². The number of carbonyl (C=O) groups is 2. The molecule has 3 atom stereocenters. The molecule has 3 fully saturated rings. The highest BCUT2D eigenvalue weighted by atomic mass is 19.4. The van der Waals surface area contributed by atoms with Crippen molar-refractivity contribution in [1.29, 1.82) is 0 Å². The number of benzene rings is 2. The van der Waals surface area contributed by atoms with Crippen LogP contribution in [0.3, 0.4) is 0 Å². The molecule has 6 nitrogen and oxygen atoms in total. The molecule has 236 valence electrons. The van der Waals surface area contributed by atoms with Crippen molar-refractivity contribution in [2.45, 2.75) is 56.4 Å². The number of methoxy groups -OCH3 is 1. The molecule has 13 heteroatoms. The zero-order valence-corrected chi connectivity index (χ0v) is 23.4. The summed E-state index contributed by atoms with van der Waals surface area (Å²) in [6.07, 6.45) is -5.86. The highest BCUT2D eigenvalue weighted by Gasteiger charge is 2.57. The predicted octanol–water partition coefficient (Wildman–Crippen LogP) is 7.34. The van der Waals surface area contributed by atoms with Crippen LogP contribution in [0.25, 0.3) is 5.57 Å². The average Bonchev–Trinajstić information content (AvgIpc) is 3.54. The molecular weight excluding hydrogens is 597 g/mol. The van der Waals surface area contributed by atoms with Gasteiger partial charge in [-0.25, -0.2) is 4.39 Å². The van der Waals surface area contributed by atoms with Crippen LogP contribution in [0.2, 0.25) is 0 Å². The summed E-state index contributed by atoms with van der Waals surface area (Å²) < 4.78 is 103. The smallest absolute Gasteiger partial charge is 0.419 e. The first kappa shape index (κ1) is 31.4. The Morgan fingerprint density at radius 1 is 1.05 bits per heavy atom. The Morgan fingerprint density at radius 2 is 1.75 bits per heavy atom. The number of hydrogen-bond acceptors (Lipinski definition) is 4. The van der Waals surface area contributed by atoms with Gasteiger partial charge in [0, 0.05) is 17.1 Å². The van der Waals surface area contributed by atoms with Crippen LogP contribution in [0.5, 0.6) is 5.75 Å². The van der Waals surface area contributed by atoms with E-state index in [0.717, 1.165) is 42.0 Å². The minimum absolute atomic E-state index is 0.00696. The maximum Gasteiger partial charge on any atom is 0.419 e. The van der Waals surface area contributed by atoms with Gasteiger partial charge in [-0.05, 0) is 98.4 Å². The lowest BCUT2D eigenvalue weighted by molar-refractivity contribution is -0.140. The lowest BCUT2D eigenvalue weighted by Crippen LogP contribution is -2.51. The molecule has 0 aromatic heterocycles. The first-order chi connectivity index (χ1) is 20.5. The molecule has 0 spiro atoms. The summed E-state index contributed by atoms with van der Waals surface area (Å²) in [5.41, 5.74) is 0.200. The number of halogens is 7. The number of carbonyl (C=O) groups excluding carboxylic acids is 2. The second kappa shape index (κ2) is 11.2. The van der Waals surface area contributed by atoms with E-state index in [1.807, 2.05) is 0 Å². The highest BCUT2D eigenvalue weighted by molar-refractivity contribution is 6.09. The van der Waals surface area contributed by atoms with Gasteiger partial charge in [0.2, 0.25) is 5.91 Å². The molecule has 44 heavy (non-hydrogen) atoms. The molecule has 5 rings (SSSR count). The number of fused-ring (bicyclic) bond motifs is 2. The Kier molecular flexibility index (Phi) is 7.96. The van der Waals surface area contributed by atoms with Gasteiger partial charge < -0.3 is 20.5 Å². The van der Waals surface area contributed by atoms with Gasteiger partial charge in [-0.1, -0.05) is 6.07 Å². The summed E-state index contributed by atoms with van der Waals surface area (Å²) in [7, 11) is 1.17. The normalized spacial score (nSPS) is 24.0. The van der Waals surface area contributed by atoms with E-state index in [-0.39, 0.29) is 42.5 Å². The van der Waals surface area contributed by atoms with E-state index >= 15 is 0 Å². The number of primary amides is 1. The fraction of sp³-hybridized carbons (Fsp3) is 0.419. The van der Waals surface area contributed by atoms with Crippen molar-refractivity contribution in [2.75, 3.05) is 12.0 Å². The van der Waals surface area contributed by atoms with Crippen molar-refractivity contribution in [3.8, 4) is 5.75 Å². The molecule has 3 N–H and O–H groups in total. The molecule has 3 saturated carbocycles. The lowest BCUT2D eigenvalue weighted by Gasteiger charge is -2.41. The van der Waals surface area contributed by atoms with E-state index < -0.39 is 69.5 Å². The Morgan fingerprint density at radius 3 is 2.32 bits per heavy atom. The molecular formula is C31H29F7N2O4. The van der Waals surface area contributed by atoms with E-state index in [1.165, 1.54) is 13.2 Å². The van der Waals surface area contributed by atoms with E-state index in [0.29, 0.717) is 24.6 Å². The molecule has 3 unspecified atom stereocenters. The first-order valence-electron chi connectivity index (χ1n) is 13.9. The number of nitrogens with zero attached hydrogens (tertiary/aromatic N) is 1. The summed E-state index contributed by atoms with van der Waals surface area (Å²) >= 11 is 0. The third kappa shape index (κ3) is 6.00. The average molecular weight is 627 g/mol. The minimum atomic E-state index is -5.11. The maximum atomic E-state index is 14.4. The molecule has 3 aliphatic carbocycles. The van der Waals surface area contributed by atoms with E-state index in [9.17, 15) is 45.4 Å². The number of anilines is 1. The number of nitrogens with two attached hydrogens (primary N) is 1. The summed E-state index contributed by atoms with van der Waals surface area (Å²) in [5, 5.41) is 10.2. The number of rotatable bonds is 8. The number of alkyl halides is 6. The number of allylic oxidation sites excluding steroid dienone is 3. The van der Waals surface area contributed by atoms with Crippen molar-refractivity contribution in [3.05, 3.63) is 76.8 Å². The van der Waals surface area contributed by atoms with Gasteiger partial charge >= 0.3 is 12.4 Å². The Labute approximate surface area is 248 Å². The largest absolute Gasteiger partial charge is 0.508 e. The fourth-order valence-electron chi connectivity index (χ4n) is 6.55. The Bertz CT molecular complexity index is 1540. The van der Waals surface area contributed by atoms with Crippen molar-refractivity contribution in [3.63, 3.8) is 0 Å². The van der Waals surface area contributed by atoms with Gasteiger partial charge in [-0.3, -0.25) is 9.59 Å². The Hall–Kier alpha value is -4.03.